The van der Waals surface area contributed by atoms with E-state index >= 15 is 0 Å². The van der Waals surface area contributed by atoms with Crippen molar-refractivity contribution >= 4 is 6.47 Å². The van der Waals surface area contributed by atoms with Crippen LogP contribution >= 0.6 is 0 Å². The van der Waals surface area contributed by atoms with Crippen LogP contribution in [0.15, 0.2) is 12.4 Å². The molecule has 2 aromatic heterocycles. The van der Waals surface area contributed by atoms with Crippen LogP contribution in [0, 0.1) is 0 Å². The largest absolute Gasteiger partial charge is 0.483 e. The Morgan fingerprint density at radius 2 is 2.07 bits per heavy atom. The molecule has 1 unspecified atom stereocenters. The number of ether oxygens (including phenoxy) is 2. The summed E-state index contributed by atoms with van der Waals surface area (Å²) in [7, 11) is 3.69. The summed E-state index contributed by atoms with van der Waals surface area (Å²) in [6, 6.07) is 0. The third-order valence-corrected chi connectivity index (χ3v) is 5.42. The second-order valence-corrected chi connectivity index (χ2v) is 7.38. The Morgan fingerprint density at radius 1 is 1.31 bits per heavy atom. The van der Waals surface area contributed by atoms with Crippen molar-refractivity contribution in [3.63, 3.8) is 0 Å². The van der Waals surface area contributed by atoms with Crippen LogP contribution in [-0.2, 0) is 21.3 Å². The first-order valence-electron chi connectivity index (χ1n) is 9.99. The van der Waals surface area contributed by atoms with Gasteiger partial charge in [0.25, 0.3) is 6.47 Å². The van der Waals surface area contributed by atoms with E-state index in [9.17, 15) is 0 Å². The minimum absolute atomic E-state index is 0.250. The molecule has 2 saturated heterocycles. The van der Waals surface area contributed by atoms with Crippen LogP contribution in [0.25, 0.3) is 5.69 Å². The average molecular weight is 406 g/mol. The van der Waals surface area contributed by atoms with Crippen LogP contribution in [0.5, 0.6) is 0 Å². The lowest BCUT2D eigenvalue weighted by atomic mass is 10.00. The van der Waals surface area contributed by atoms with Gasteiger partial charge in [-0.3, -0.25) is 9.48 Å². The minimum Gasteiger partial charge on any atom is -0.483 e. The summed E-state index contributed by atoms with van der Waals surface area (Å²) in [5.74, 6) is 2.82. The van der Waals surface area contributed by atoms with Crippen molar-refractivity contribution in [2.75, 3.05) is 46.6 Å². The highest BCUT2D eigenvalue weighted by molar-refractivity contribution is 5.32. The molecule has 1 N–H and O–H groups in total. The summed E-state index contributed by atoms with van der Waals surface area (Å²) in [5, 5.41) is 16.1. The Bertz CT molecular complexity index is 771. The van der Waals surface area contributed by atoms with Gasteiger partial charge in [0.05, 0.1) is 19.0 Å². The smallest absolute Gasteiger partial charge is 0.290 e. The first-order valence-corrected chi connectivity index (χ1v) is 9.99. The zero-order valence-corrected chi connectivity index (χ0v) is 17.1. The molecule has 0 radical (unpaired) electrons. The molecule has 0 amide bonds. The highest BCUT2D eigenvalue weighted by Crippen LogP contribution is 2.31. The lowest BCUT2D eigenvalue weighted by Gasteiger charge is -2.18. The van der Waals surface area contributed by atoms with E-state index in [4.69, 9.17) is 29.5 Å². The molecule has 29 heavy (non-hydrogen) atoms. The maximum atomic E-state index is 8.36. The van der Waals surface area contributed by atoms with Gasteiger partial charge in [0.1, 0.15) is 11.5 Å². The minimum atomic E-state index is -0.250. The van der Waals surface area contributed by atoms with Gasteiger partial charge in [0.15, 0.2) is 5.82 Å². The van der Waals surface area contributed by atoms with E-state index in [0.717, 1.165) is 76.1 Å². The zero-order chi connectivity index (χ0) is 20.6. The van der Waals surface area contributed by atoms with Crippen molar-refractivity contribution in [1.29, 1.82) is 0 Å². The lowest BCUT2D eigenvalue weighted by Crippen LogP contribution is -2.25. The molecule has 1 atom stereocenters. The van der Waals surface area contributed by atoms with Crippen LogP contribution in [0.2, 0.25) is 0 Å². The van der Waals surface area contributed by atoms with Gasteiger partial charge in [-0.25, -0.2) is 9.67 Å². The molecule has 0 saturated carbocycles. The molecule has 0 aliphatic carbocycles. The van der Waals surface area contributed by atoms with Crippen molar-refractivity contribution in [2.45, 2.75) is 31.1 Å². The van der Waals surface area contributed by atoms with E-state index in [0.29, 0.717) is 11.8 Å². The molecule has 4 heterocycles. The number of rotatable bonds is 6. The predicted octanol–water partition coefficient (Wildman–Crippen LogP) is 1.03. The van der Waals surface area contributed by atoms with Gasteiger partial charge < -0.3 is 19.5 Å². The summed E-state index contributed by atoms with van der Waals surface area (Å²) in [6.07, 6.45) is 6.98. The van der Waals surface area contributed by atoms with E-state index in [1.807, 2.05) is 28.8 Å². The Morgan fingerprint density at radius 3 is 2.72 bits per heavy atom. The lowest BCUT2D eigenvalue weighted by molar-refractivity contribution is -0.122. The Balaban J connectivity index is 0.000000755. The van der Waals surface area contributed by atoms with Crippen LogP contribution in [0.3, 0.4) is 0 Å². The summed E-state index contributed by atoms with van der Waals surface area (Å²) >= 11 is 0. The summed E-state index contributed by atoms with van der Waals surface area (Å²) in [4.78, 5) is 15.8. The number of hydrogen-bond acceptors (Lipinski definition) is 7. The first-order chi connectivity index (χ1) is 14.2. The standard InChI is InChI=1S/C18H28N6O2.CH2O2/c1-22-13-16(11-19-22)24-18(15-3-6-23(12-15)7-10-25-2)20-17(21-24)14-4-8-26-9-5-14;2-1-3/h11,13-15H,3-10,12H2,1-2H3;1H,(H,2,3). The number of carbonyl (C=O) groups is 1. The van der Waals surface area contributed by atoms with Crippen LogP contribution in [-0.4, -0.2) is 87.6 Å². The van der Waals surface area contributed by atoms with E-state index < -0.39 is 0 Å². The third-order valence-electron chi connectivity index (χ3n) is 5.42. The zero-order valence-electron chi connectivity index (χ0n) is 17.1. The number of methoxy groups -OCH3 is 1. The molecule has 160 valence electrons. The topological polar surface area (TPSA) is 108 Å². The molecule has 2 aliphatic heterocycles. The van der Waals surface area contributed by atoms with Gasteiger partial charge in [-0.1, -0.05) is 0 Å². The fraction of sp³-hybridized carbons (Fsp3) is 0.684. The SMILES string of the molecule is COCCN1CCC(c2nc(C3CCOCC3)nn2-c2cnn(C)c2)C1.O=CO. The molecular weight excluding hydrogens is 376 g/mol. The Labute approximate surface area is 170 Å². The number of aryl methyl sites for hydroxylation is 1. The normalized spacial score (nSPS) is 20.4. The van der Waals surface area contributed by atoms with Gasteiger partial charge in [0, 0.05) is 52.3 Å². The van der Waals surface area contributed by atoms with Gasteiger partial charge in [0.2, 0.25) is 0 Å². The van der Waals surface area contributed by atoms with Crippen LogP contribution in [0.1, 0.15) is 42.7 Å². The predicted molar refractivity (Wildman–Crippen MR) is 105 cm³/mol. The maximum absolute atomic E-state index is 8.36. The number of aromatic nitrogens is 5. The summed E-state index contributed by atoms with van der Waals surface area (Å²) in [5.41, 5.74) is 0.989. The molecule has 0 spiro atoms. The van der Waals surface area contributed by atoms with Crippen molar-refractivity contribution < 1.29 is 19.4 Å². The number of carboxylic acid groups (broad SMARTS) is 1. The van der Waals surface area contributed by atoms with Crippen molar-refractivity contribution in [3.05, 3.63) is 24.0 Å². The summed E-state index contributed by atoms with van der Waals surface area (Å²) < 4.78 is 14.6. The maximum Gasteiger partial charge on any atom is 0.290 e. The molecule has 10 heteroatoms. The van der Waals surface area contributed by atoms with E-state index in [2.05, 4.69) is 10.00 Å². The van der Waals surface area contributed by atoms with Crippen LogP contribution in [0.4, 0.5) is 0 Å². The van der Waals surface area contributed by atoms with E-state index in [1.165, 1.54) is 0 Å². The Kier molecular flexibility index (Phi) is 7.73. The quantitative estimate of drug-likeness (QED) is 0.709. The molecule has 2 fully saturated rings. The second-order valence-electron chi connectivity index (χ2n) is 7.38. The fourth-order valence-corrected chi connectivity index (χ4v) is 3.91. The highest BCUT2D eigenvalue weighted by atomic mass is 16.5. The number of hydrogen-bond donors (Lipinski definition) is 1. The molecule has 10 nitrogen and oxygen atoms in total. The van der Waals surface area contributed by atoms with Gasteiger partial charge in [-0.05, 0) is 25.8 Å². The third kappa shape index (κ3) is 5.40. The molecule has 2 aromatic rings. The average Bonchev–Trinajstić information content (AvgIpc) is 3.46. The van der Waals surface area contributed by atoms with Gasteiger partial charge in [-0.2, -0.15) is 10.2 Å². The number of nitrogens with zero attached hydrogens (tertiary/aromatic N) is 6. The summed E-state index contributed by atoms with van der Waals surface area (Å²) in [6.45, 7) is 5.19. The van der Waals surface area contributed by atoms with Gasteiger partial charge >= 0.3 is 0 Å². The highest BCUT2D eigenvalue weighted by Gasteiger charge is 2.31. The second kappa shape index (κ2) is 10.5. The fourth-order valence-electron chi connectivity index (χ4n) is 3.91. The van der Waals surface area contributed by atoms with Crippen molar-refractivity contribution in [2.24, 2.45) is 7.05 Å². The van der Waals surface area contributed by atoms with Crippen molar-refractivity contribution in [3.8, 4) is 5.69 Å². The van der Waals surface area contributed by atoms with Gasteiger partial charge in [-0.15, -0.1) is 0 Å². The van der Waals surface area contributed by atoms with Crippen molar-refractivity contribution in [1.82, 2.24) is 29.4 Å². The monoisotopic (exact) mass is 406 g/mol. The molecule has 0 aromatic carbocycles. The molecule has 0 bridgehead atoms. The van der Waals surface area contributed by atoms with E-state index in [-0.39, 0.29) is 6.47 Å². The van der Waals surface area contributed by atoms with Crippen LogP contribution < -0.4 is 0 Å². The molecule has 4 rings (SSSR count). The van der Waals surface area contributed by atoms with E-state index in [1.54, 1.807) is 7.11 Å². The Hall–Kier alpha value is -2.30. The molecule has 2 aliphatic rings. The first kappa shape index (κ1) is 21.4. The molecular formula is C19H30N6O4. The number of likely N-dealkylation sites (tertiary alicyclic amines) is 1.